The molecule has 4 rings (SSSR count). The van der Waals surface area contributed by atoms with Crippen molar-refractivity contribution < 1.29 is 19.0 Å². The smallest absolute Gasteiger partial charge is 0.250 e. The largest absolute Gasteiger partial charge is 0.493 e. The molecule has 1 amide bonds. The highest BCUT2D eigenvalue weighted by atomic mass is 79.9. The minimum absolute atomic E-state index is 0.0908. The van der Waals surface area contributed by atoms with Gasteiger partial charge in [-0.05, 0) is 30.3 Å². The molecule has 37 heavy (non-hydrogen) atoms. The van der Waals surface area contributed by atoms with Gasteiger partial charge in [-0.3, -0.25) is 9.36 Å². The highest BCUT2D eigenvalue weighted by Gasteiger charge is 2.21. The van der Waals surface area contributed by atoms with Gasteiger partial charge in [0.2, 0.25) is 5.75 Å². The van der Waals surface area contributed by atoms with Crippen LogP contribution in [0.4, 0.5) is 0 Å². The van der Waals surface area contributed by atoms with Crippen LogP contribution < -0.4 is 19.6 Å². The number of thioether (sulfide) groups is 1. The van der Waals surface area contributed by atoms with Crippen LogP contribution in [0, 0.1) is 0 Å². The molecule has 11 heteroatoms. The quantitative estimate of drug-likeness (QED) is 0.160. The Morgan fingerprint density at radius 3 is 2.32 bits per heavy atom. The van der Waals surface area contributed by atoms with E-state index in [2.05, 4.69) is 36.7 Å². The molecule has 0 aliphatic rings. The molecule has 0 atom stereocenters. The number of hydrogen-bond donors (Lipinski definition) is 1. The van der Waals surface area contributed by atoms with Crippen molar-refractivity contribution in [3.05, 3.63) is 76.8 Å². The van der Waals surface area contributed by atoms with Gasteiger partial charge in [-0.2, -0.15) is 5.10 Å². The van der Waals surface area contributed by atoms with Crippen LogP contribution in [0.2, 0.25) is 0 Å². The third-order valence-corrected chi connectivity index (χ3v) is 6.85. The third-order valence-electron chi connectivity index (χ3n) is 5.20. The Kier molecular flexibility index (Phi) is 8.81. The molecule has 9 nitrogen and oxygen atoms in total. The molecule has 0 saturated heterocycles. The lowest BCUT2D eigenvalue weighted by Crippen LogP contribution is -2.20. The van der Waals surface area contributed by atoms with E-state index in [1.165, 1.54) is 11.8 Å². The molecule has 0 unspecified atom stereocenters. The summed E-state index contributed by atoms with van der Waals surface area (Å²) < 4.78 is 19.2. The zero-order valence-electron chi connectivity index (χ0n) is 20.3. The number of nitrogens with one attached hydrogen (secondary N) is 1. The summed E-state index contributed by atoms with van der Waals surface area (Å²) in [5.74, 6) is 1.85. The number of amides is 1. The van der Waals surface area contributed by atoms with Crippen molar-refractivity contribution in [1.29, 1.82) is 0 Å². The maximum absolute atomic E-state index is 12.5. The van der Waals surface area contributed by atoms with Gasteiger partial charge in [-0.25, -0.2) is 5.43 Å². The van der Waals surface area contributed by atoms with E-state index in [1.807, 2.05) is 71.3 Å². The Balaban J connectivity index is 1.60. The van der Waals surface area contributed by atoms with Gasteiger partial charge in [0.15, 0.2) is 22.5 Å². The Morgan fingerprint density at radius 1 is 1.00 bits per heavy atom. The van der Waals surface area contributed by atoms with E-state index >= 15 is 0 Å². The lowest BCUT2D eigenvalue weighted by Gasteiger charge is -2.15. The zero-order chi connectivity index (χ0) is 26.2. The van der Waals surface area contributed by atoms with Crippen LogP contribution >= 0.6 is 27.7 Å². The highest BCUT2D eigenvalue weighted by molar-refractivity contribution is 9.10. The number of carbonyl (C=O) groups is 1. The third kappa shape index (κ3) is 6.12. The van der Waals surface area contributed by atoms with Crippen LogP contribution in [0.3, 0.4) is 0 Å². The second kappa shape index (κ2) is 12.4. The van der Waals surface area contributed by atoms with Gasteiger partial charge in [0.1, 0.15) is 0 Å². The molecule has 1 aromatic heterocycles. The number of halogens is 1. The molecule has 0 bridgehead atoms. The summed E-state index contributed by atoms with van der Waals surface area (Å²) in [6.45, 7) is 0. The van der Waals surface area contributed by atoms with E-state index in [0.29, 0.717) is 33.8 Å². The second-order valence-electron chi connectivity index (χ2n) is 7.49. The predicted molar refractivity (Wildman–Crippen MR) is 147 cm³/mol. The highest BCUT2D eigenvalue weighted by Crippen LogP contribution is 2.41. The molecule has 3 aromatic carbocycles. The van der Waals surface area contributed by atoms with Crippen LogP contribution in [0.1, 0.15) is 5.56 Å². The van der Waals surface area contributed by atoms with Crippen molar-refractivity contribution in [2.45, 2.75) is 5.16 Å². The minimum Gasteiger partial charge on any atom is -0.493 e. The Labute approximate surface area is 227 Å². The average molecular weight is 582 g/mol. The number of aromatic nitrogens is 3. The molecular weight excluding hydrogens is 558 g/mol. The van der Waals surface area contributed by atoms with Crippen molar-refractivity contribution in [2.75, 3.05) is 27.1 Å². The summed E-state index contributed by atoms with van der Waals surface area (Å²) in [5, 5.41) is 13.4. The molecule has 0 aliphatic carbocycles. The number of rotatable bonds is 10. The van der Waals surface area contributed by atoms with Crippen molar-refractivity contribution in [3.8, 4) is 34.3 Å². The summed E-state index contributed by atoms with van der Waals surface area (Å²) in [6, 6.07) is 20.9. The molecule has 0 spiro atoms. The van der Waals surface area contributed by atoms with Crippen molar-refractivity contribution in [3.63, 3.8) is 0 Å². The summed E-state index contributed by atoms with van der Waals surface area (Å²) in [6.07, 6.45) is 1.58. The van der Waals surface area contributed by atoms with Gasteiger partial charge >= 0.3 is 0 Å². The molecular formula is C26H24BrN5O4S. The number of benzene rings is 3. The van der Waals surface area contributed by atoms with Gasteiger partial charge in [-0.15, -0.1) is 10.2 Å². The Bertz CT molecular complexity index is 1390. The van der Waals surface area contributed by atoms with Crippen molar-refractivity contribution >= 4 is 39.8 Å². The van der Waals surface area contributed by atoms with E-state index in [1.54, 1.807) is 27.5 Å². The Hall–Kier alpha value is -3.83. The molecule has 190 valence electrons. The van der Waals surface area contributed by atoms with Gasteiger partial charge in [0.25, 0.3) is 5.91 Å². The molecule has 1 N–H and O–H groups in total. The Morgan fingerprint density at radius 2 is 1.68 bits per heavy atom. The summed E-state index contributed by atoms with van der Waals surface area (Å²) in [4.78, 5) is 12.5. The van der Waals surface area contributed by atoms with Gasteiger partial charge in [-0.1, -0.05) is 64.1 Å². The first-order chi connectivity index (χ1) is 18.0. The number of methoxy groups -OCH3 is 3. The lowest BCUT2D eigenvalue weighted by atomic mass is 10.1. The SMILES string of the molecule is COc1cc(-c2nnc(SCC(=O)NN=Cc3ccccc3Br)n2-c2ccccc2)cc(OC)c1OC. The van der Waals surface area contributed by atoms with Crippen LogP contribution in [0.15, 0.2) is 81.5 Å². The van der Waals surface area contributed by atoms with Crippen LogP contribution in [0.25, 0.3) is 17.1 Å². The normalized spacial score (nSPS) is 10.9. The molecule has 1 heterocycles. The fourth-order valence-electron chi connectivity index (χ4n) is 3.49. The number of hydrogen-bond acceptors (Lipinski definition) is 8. The van der Waals surface area contributed by atoms with E-state index in [9.17, 15) is 4.79 Å². The molecule has 0 saturated carbocycles. The molecule has 0 aliphatic heterocycles. The average Bonchev–Trinajstić information content (AvgIpc) is 3.36. The molecule has 0 radical (unpaired) electrons. The molecule has 4 aromatic rings. The van der Waals surface area contributed by atoms with E-state index in [0.717, 1.165) is 15.7 Å². The van der Waals surface area contributed by atoms with E-state index in [4.69, 9.17) is 14.2 Å². The zero-order valence-corrected chi connectivity index (χ0v) is 22.7. The van der Waals surface area contributed by atoms with Crippen molar-refractivity contribution in [2.24, 2.45) is 5.10 Å². The fraction of sp³-hybridized carbons (Fsp3) is 0.154. The van der Waals surface area contributed by atoms with E-state index < -0.39 is 0 Å². The number of nitrogens with zero attached hydrogens (tertiary/aromatic N) is 4. The predicted octanol–water partition coefficient (Wildman–Crippen LogP) is 4.97. The molecule has 0 fully saturated rings. The number of hydrazone groups is 1. The second-order valence-corrected chi connectivity index (χ2v) is 9.29. The number of ether oxygens (including phenoxy) is 3. The minimum atomic E-state index is -0.273. The van der Waals surface area contributed by atoms with Gasteiger partial charge in [0, 0.05) is 21.3 Å². The number of para-hydroxylation sites is 1. The van der Waals surface area contributed by atoms with Crippen LogP contribution in [-0.4, -0.2) is 54.0 Å². The first kappa shape index (κ1) is 26.2. The first-order valence-corrected chi connectivity index (χ1v) is 12.8. The van der Waals surface area contributed by atoms with Gasteiger partial charge < -0.3 is 14.2 Å². The maximum Gasteiger partial charge on any atom is 0.250 e. The summed E-state index contributed by atoms with van der Waals surface area (Å²) in [5.41, 5.74) is 4.96. The standard InChI is InChI=1S/C26H24BrN5O4S/c1-34-21-13-18(14-22(35-2)24(21)36-3)25-30-31-26(32(25)19-10-5-4-6-11-19)37-16-23(33)29-28-15-17-9-7-8-12-20(17)27/h4-15H,16H2,1-3H3,(H,29,33). The first-order valence-electron chi connectivity index (χ1n) is 11.1. The summed E-state index contributed by atoms with van der Waals surface area (Å²) >= 11 is 4.70. The van der Waals surface area contributed by atoms with Crippen molar-refractivity contribution in [1.82, 2.24) is 20.2 Å². The fourth-order valence-corrected chi connectivity index (χ4v) is 4.62. The van der Waals surface area contributed by atoms with E-state index in [-0.39, 0.29) is 11.7 Å². The van der Waals surface area contributed by atoms with Gasteiger partial charge in [0.05, 0.1) is 33.3 Å². The topological polar surface area (TPSA) is 99.9 Å². The lowest BCUT2D eigenvalue weighted by molar-refractivity contribution is -0.118. The van der Waals surface area contributed by atoms with Crippen LogP contribution in [-0.2, 0) is 4.79 Å². The van der Waals surface area contributed by atoms with Crippen LogP contribution in [0.5, 0.6) is 17.2 Å². The monoisotopic (exact) mass is 581 g/mol. The maximum atomic E-state index is 12.5. The summed E-state index contributed by atoms with van der Waals surface area (Å²) in [7, 11) is 4.67. The number of carbonyl (C=O) groups excluding carboxylic acids is 1.